The van der Waals surface area contributed by atoms with E-state index >= 15 is 0 Å². The smallest absolute Gasteiger partial charge is 0.335 e. The molecule has 4 aliphatic carbocycles. The number of aromatic amines is 1. The van der Waals surface area contributed by atoms with Crippen LogP contribution in [0.1, 0.15) is 81.8 Å². The van der Waals surface area contributed by atoms with Crippen molar-refractivity contribution in [3.63, 3.8) is 0 Å². The third-order valence-electron chi connectivity index (χ3n) is 10.5. The van der Waals surface area contributed by atoms with E-state index in [4.69, 9.17) is 30.1 Å². The van der Waals surface area contributed by atoms with Crippen molar-refractivity contribution >= 4 is 17.6 Å². The molecule has 1 heterocycles. The number of aromatic nitrogens is 2. The fourth-order valence-corrected chi connectivity index (χ4v) is 8.62. The number of aryl methyl sites for hydroxylation is 3. The number of nitrogens with one attached hydrogen (secondary N) is 3. The van der Waals surface area contributed by atoms with Gasteiger partial charge in [0.1, 0.15) is 24.1 Å². The first-order valence-corrected chi connectivity index (χ1v) is 17.7. The van der Waals surface area contributed by atoms with Crippen molar-refractivity contribution in [2.45, 2.75) is 95.9 Å². The number of rotatable bonds is 13. The molecule has 0 aliphatic heterocycles. The molecule has 0 radical (unpaired) electrons. The number of carbonyl (C=O) groups excluding carboxylic acids is 1. The Bertz CT molecular complexity index is 1630. The highest BCUT2D eigenvalue weighted by Gasteiger charge is 2.51. The highest BCUT2D eigenvalue weighted by Crippen LogP contribution is 2.57. The molecule has 0 saturated heterocycles. The van der Waals surface area contributed by atoms with Crippen LogP contribution in [-0.2, 0) is 11.3 Å². The van der Waals surface area contributed by atoms with Crippen LogP contribution in [0.25, 0.3) is 11.4 Å². The molecule has 0 unspecified atom stereocenters. The molecule has 4 saturated carbocycles. The van der Waals surface area contributed by atoms with Crippen molar-refractivity contribution in [1.82, 2.24) is 15.3 Å². The minimum atomic E-state index is -1.55. The van der Waals surface area contributed by atoms with Gasteiger partial charge in [-0.1, -0.05) is 23.8 Å². The van der Waals surface area contributed by atoms with Gasteiger partial charge in [0.2, 0.25) is 0 Å². The van der Waals surface area contributed by atoms with Crippen LogP contribution >= 0.6 is 0 Å². The van der Waals surface area contributed by atoms with Gasteiger partial charge in [0.05, 0.1) is 36.2 Å². The van der Waals surface area contributed by atoms with Crippen LogP contribution in [0.4, 0.5) is 5.69 Å². The molecule has 4 bridgehead atoms. The predicted octanol–water partition coefficient (Wildman–Crippen LogP) is 3.08. The second-order valence-electron chi connectivity index (χ2n) is 14.8. The Labute approximate surface area is 298 Å². The summed E-state index contributed by atoms with van der Waals surface area (Å²) in [6.45, 7) is 5.91. The van der Waals surface area contributed by atoms with E-state index in [0.717, 1.165) is 53.7 Å². The molecule has 4 aliphatic rings. The van der Waals surface area contributed by atoms with Gasteiger partial charge < -0.3 is 51.0 Å². The van der Waals surface area contributed by atoms with Crippen molar-refractivity contribution in [2.75, 3.05) is 25.5 Å². The summed E-state index contributed by atoms with van der Waals surface area (Å²) in [5.41, 5.74) is 5.70. The molecular formula is C38H52N4O9. The molecule has 4 fully saturated rings. The largest absolute Gasteiger partial charge is 0.478 e. The average Bonchev–Trinajstić information content (AvgIpc) is 3.49. The van der Waals surface area contributed by atoms with E-state index in [1.165, 1.54) is 37.0 Å². The molecule has 1 aromatic heterocycles. The maximum atomic E-state index is 13.5. The highest BCUT2D eigenvalue weighted by molar-refractivity contribution is 6.04. The van der Waals surface area contributed by atoms with Gasteiger partial charge in [-0.2, -0.15) is 0 Å². The van der Waals surface area contributed by atoms with Crippen LogP contribution < -0.4 is 10.6 Å². The summed E-state index contributed by atoms with van der Waals surface area (Å²) < 4.78 is 6.72. The number of carboxylic acids is 1. The van der Waals surface area contributed by atoms with Gasteiger partial charge in [-0.25, -0.2) is 9.78 Å². The first-order chi connectivity index (χ1) is 24.2. The molecule has 13 heteroatoms. The number of carbonyl (C=O) groups is 2. The van der Waals surface area contributed by atoms with Crippen LogP contribution in [0.5, 0.6) is 0 Å². The number of aliphatic hydroxyl groups excluding tert-OH is 5. The third-order valence-corrected chi connectivity index (χ3v) is 10.5. The molecule has 3 aromatic rings. The molecule has 9 N–H and O–H groups in total. The number of nitrogens with zero attached hydrogens (tertiary/aromatic N) is 1. The predicted molar refractivity (Wildman–Crippen MR) is 190 cm³/mol. The van der Waals surface area contributed by atoms with Crippen LogP contribution in [0.3, 0.4) is 0 Å². The second kappa shape index (κ2) is 16.3. The molecule has 4 atom stereocenters. The number of benzene rings is 2. The quantitative estimate of drug-likeness (QED) is 0.126. The zero-order valence-electron chi connectivity index (χ0n) is 29.7. The summed E-state index contributed by atoms with van der Waals surface area (Å²) in [4.78, 5) is 33.1. The van der Waals surface area contributed by atoms with Gasteiger partial charge in [0.25, 0.3) is 5.91 Å². The lowest BCUT2D eigenvalue weighted by molar-refractivity contribution is -0.169. The zero-order chi connectivity index (χ0) is 37.0. The standard InChI is InChI=1S/C31H35N3O4.C7H17NO5/c1-17-7-18(2)26(19(3)8-17)28-33-25(16-38-31-13-20-9-21(14-31)11-22(10-20)15-31)27(34-28)29(35)32-24-6-4-5-23(12-24)30(36)37;1-8-2-4(10)6(12)7(13)5(11)3-9/h4-8,12,20-22H,9-11,13-16H2,1-3H3,(H,32,35)(H,33,34)(H,36,37);4-13H,2-3H2,1H3/t;4-,5+,6+,7+/m.0/s1. The number of carboxylic acid groups (broad SMARTS) is 1. The Kier molecular flexibility index (Phi) is 12.3. The summed E-state index contributed by atoms with van der Waals surface area (Å²) in [7, 11) is 1.57. The van der Waals surface area contributed by atoms with Crippen molar-refractivity contribution < 1.29 is 45.0 Å². The van der Waals surface area contributed by atoms with Crippen LogP contribution in [-0.4, -0.2) is 103 Å². The maximum Gasteiger partial charge on any atom is 0.335 e. The SMILES string of the molecule is CNC[C@H](O)[C@@H](O)[C@H](O)[C@H](O)CO.Cc1cc(C)c(-c2nc(C(=O)Nc3cccc(C(=O)O)c3)c(COC34CC5CC(CC(C5)C3)C4)[nH]2)c(C)c1. The summed E-state index contributed by atoms with van der Waals surface area (Å²) >= 11 is 0. The topological polar surface area (TPSA) is 217 Å². The fraction of sp³-hybridized carbons (Fsp3) is 0.553. The van der Waals surface area contributed by atoms with E-state index in [2.05, 4.69) is 48.5 Å². The van der Waals surface area contributed by atoms with Crippen LogP contribution in [0.2, 0.25) is 0 Å². The fourth-order valence-electron chi connectivity index (χ4n) is 8.62. The summed E-state index contributed by atoms with van der Waals surface area (Å²) in [6.07, 6.45) is 1.70. The van der Waals surface area contributed by atoms with Crippen molar-refractivity contribution in [1.29, 1.82) is 0 Å². The average molecular weight is 709 g/mol. The van der Waals surface area contributed by atoms with Gasteiger partial charge in [-0.15, -0.1) is 0 Å². The normalized spacial score (nSPS) is 24.3. The van der Waals surface area contributed by atoms with E-state index < -0.39 is 37.0 Å². The molecule has 7 rings (SSSR count). The lowest BCUT2D eigenvalue weighted by Crippen LogP contribution is -2.51. The third kappa shape index (κ3) is 9.04. The number of hydrogen-bond acceptors (Lipinski definition) is 10. The van der Waals surface area contributed by atoms with Gasteiger partial charge in [-0.05, 0) is 113 Å². The summed E-state index contributed by atoms with van der Waals surface area (Å²) in [5, 5.41) is 59.7. The van der Waals surface area contributed by atoms with Crippen molar-refractivity contribution in [3.05, 3.63) is 70.0 Å². The maximum absolute atomic E-state index is 13.5. The lowest BCUT2D eigenvalue weighted by Gasteiger charge is -2.56. The number of amides is 1. The zero-order valence-corrected chi connectivity index (χ0v) is 29.7. The van der Waals surface area contributed by atoms with Gasteiger partial charge in [-0.3, -0.25) is 4.79 Å². The number of imidazole rings is 1. The van der Waals surface area contributed by atoms with E-state index in [1.807, 2.05) is 0 Å². The van der Waals surface area contributed by atoms with Crippen LogP contribution in [0, 0.1) is 38.5 Å². The van der Waals surface area contributed by atoms with Gasteiger partial charge in [0, 0.05) is 17.8 Å². The Balaban J connectivity index is 0.000000332. The molecule has 51 heavy (non-hydrogen) atoms. The Morgan fingerprint density at radius 1 is 0.941 bits per heavy atom. The number of likely N-dealkylation sites (N-methyl/N-ethyl adjacent to an activating group) is 1. The van der Waals surface area contributed by atoms with E-state index in [1.54, 1.807) is 19.2 Å². The van der Waals surface area contributed by atoms with Gasteiger partial charge >= 0.3 is 5.97 Å². The number of hydrogen-bond donors (Lipinski definition) is 9. The van der Waals surface area contributed by atoms with E-state index in [0.29, 0.717) is 23.8 Å². The van der Waals surface area contributed by atoms with Crippen molar-refractivity contribution in [3.8, 4) is 11.4 Å². The Morgan fingerprint density at radius 2 is 1.53 bits per heavy atom. The van der Waals surface area contributed by atoms with E-state index in [-0.39, 0.29) is 29.3 Å². The number of H-pyrrole nitrogens is 1. The minimum Gasteiger partial charge on any atom is -0.478 e. The van der Waals surface area contributed by atoms with Crippen molar-refractivity contribution in [2.24, 2.45) is 17.8 Å². The summed E-state index contributed by atoms with van der Waals surface area (Å²) in [6, 6.07) is 10.5. The molecule has 1 amide bonds. The minimum absolute atomic E-state index is 0.0936. The monoisotopic (exact) mass is 708 g/mol. The van der Waals surface area contributed by atoms with Gasteiger partial charge in [0.15, 0.2) is 5.69 Å². The first kappa shape index (κ1) is 38.5. The molecular weight excluding hydrogens is 656 g/mol. The first-order valence-electron chi connectivity index (χ1n) is 17.7. The number of aliphatic hydroxyl groups is 5. The number of aromatic carboxylic acids is 1. The summed E-state index contributed by atoms with van der Waals surface area (Å²) in [5.74, 6) is 1.51. The lowest BCUT2D eigenvalue weighted by atomic mass is 9.54. The molecule has 0 spiro atoms. The molecule has 278 valence electrons. The number of anilines is 1. The molecule has 13 nitrogen and oxygen atoms in total. The van der Waals surface area contributed by atoms with E-state index in [9.17, 15) is 19.8 Å². The van der Waals surface area contributed by atoms with Crippen LogP contribution in [0.15, 0.2) is 36.4 Å². The highest BCUT2D eigenvalue weighted by atomic mass is 16.5. The Hall–Kier alpha value is -3.69. The number of ether oxygens (including phenoxy) is 1. The molecule has 2 aromatic carbocycles. The second-order valence-corrected chi connectivity index (χ2v) is 14.8. The Morgan fingerprint density at radius 3 is 2.08 bits per heavy atom.